The van der Waals surface area contributed by atoms with Crippen LogP contribution in [0.4, 0.5) is 0 Å². The maximum absolute atomic E-state index is 11.3. The second-order valence-electron chi connectivity index (χ2n) is 7.20. The molecule has 0 heterocycles. The van der Waals surface area contributed by atoms with E-state index in [1.165, 1.54) is 12.8 Å². The van der Waals surface area contributed by atoms with Gasteiger partial charge in [-0.05, 0) is 54.2 Å². The van der Waals surface area contributed by atoms with Crippen LogP contribution in [-0.2, 0) is 21.1 Å². The van der Waals surface area contributed by atoms with E-state index in [4.69, 9.17) is 19.1 Å². The highest BCUT2D eigenvalue weighted by atomic mass is 32.2. The third-order valence-corrected chi connectivity index (χ3v) is 8.33. The fourth-order valence-corrected chi connectivity index (χ4v) is 5.58. The van der Waals surface area contributed by atoms with Gasteiger partial charge in [-0.1, -0.05) is 50.5 Å². The lowest BCUT2D eigenvalue weighted by Gasteiger charge is -2.15. The second-order valence-corrected chi connectivity index (χ2v) is 11.0. The Labute approximate surface area is 172 Å². The first-order chi connectivity index (χ1) is 13.6. The summed E-state index contributed by atoms with van der Waals surface area (Å²) in [6, 6.07) is 11.6. The Morgan fingerprint density at radius 1 is 1.00 bits per heavy atom. The molecule has 1 unspecified atom stereocenters. The standard InChI is InChI=1S/C20H29O7PS/c1-2-3-4-5-13-27-19-12-11-17-14-16(9-10-18(17)15-19)7-6-8-20(28(21,22)23)29(24,25)26/h9-12,14-15,20H,2-8,13H2,1H3,(H2,21,22,23)(H,24,25,26). The Kier molecular flexibility index (Phi) is 8.67. The number of unbranched alkanes of at least 4 members (excludes halogenated alkanes) is 3. The fraction of sp³-hybridized carbons (Fsp3) is 0.500. The number of rotatable bonds is 12. The van der Waals surface area contributed by atoms with E-state index >= 15 is 0 Å². The molecule has 162 valence electrons. The maximum atomic E-state index is 11.3. The molecule has 29 heavy (non-hydrogen) atoms. The average molecular weight is 444 g/mol. The molecule has 0 spiro atoms. The van der Waals surface area contributed by atoms with Crippen molar-refractivity contribution in [1.29, 1.82) is 0 Å². The quantitative estimate of drug-likeness (QED) is 0.250. The van der Waals surface area contributed by atoms with Gasteiger partial charge in [0.1, 0.15) is 5.75 Å². The van der Waals surface area contributed by atoms with E-state index in [1.54, 1.807) is 0 Å². The average Bonchev–Trinajstić information content (AvgIpc) is 2.63. The Hall–Kier alpha value is -1.44. The predicted octanol–water partition coefficient (Wildman–Crippen LogP) is 4.51. The van der Waals surface area contributed by atoms with Gasteiger partial charge in [-0.25, -0.2) is 0 Å². The fourth-order valence-electron chi connectivity index (χ4n) is 3.21. The lowest BCUT2D eigenvalue weighted by atomic mass is 10.0. The summed E-state index contributed by atoms with van der Waals surface area (Å²) in [5.41, 5.74) is 0.922. The predicted molar refractivity (Wildman–Crippen MR) is 114 cm³/mol. The molecule has 0 aromatic heterocycles. The zero-order chi connectivity index (χ0) is 21.5. The summed E-state index contributed by atoms with van der Waals surface area (Å²) in [6.45, 7) is 2.86. The van der Waals surface area contributed by atoms with Crippen molar-refractivity contribution in [1.82, 2.24) is 0 Å². The normalized spacial score (nSPS) is 13.5. The van der Waals surface area contributed by atoms with Crippen LogP contribution in [-0.4, -0.2) is 34.4 Å². The van der Waals surface area contributed by atoms with Crippen LogP contribution in [0.1, 0.15) is 51.0 Å². The van der Waals surface area contributed by atoms with Gasteiger partial charge in [0.05, 0.1) is 6.61 Å². The zero-order valence-electron chi connectivity index (χ0n) is 16.5. The Bertz CT molecular complexity index is 952. The molecule has 0 aliphatic carbocycles. The van der Waals surface area contributed by atoms with E-state index in [2.05, 4.69) is 6.92 Å². The smallest absolute Gasteiger partial charge is 0.346 e. The monoisotopic (exact) mass is 444 g/mol. The molecule has 1 atom stereocenters. The van der Waals surface area contributed by atoms with Gasteiger partial charge >= 0.3 is 7.60 Å². The van der Waals surface area contributed by atoms with Crippen LogP contribution < -0.4 is 4.74 Å². The molecule has 3 N–H and O–H groups in total. The summed E-state index contributed by atoms with van der Waals surface area (Å²) in [4.78, 5) is 16.2. The van der Waals surface area contributed by atoms with Crippen molar-refractivity contribution in [2.45, 2.75) is 56.9 Å². The molecule has 0 saturated heterocycles. The molecule has 0 fully saturated rings. The molecule has 0 aliphatic heterocycles. The summed E-state index contributed by atoms with van der Waals surface area (Å²) in [7, 11) is -9.74. The molecular formula is C20H29O7PS. The first kappa shape index (κ1) is 23.8. The molecule has 2 aromatic rings. The summed E-state index contributed by atoms with van der Waals surface area (Å²) < 4.78 is 48.5. The molecule has 0 saturated carbocycles. The van der Waals surface area contributed by atoms with Crippen molar-refractivity contribution >= 4 is 28.5 Å². The number of fused-ring (bicyclic) bond motifs is 1. The molecular weight excluding hydrogens is 415 g/mol. The highest BCUT2D eigenvalue weighted by Gasteiger charge is 2.38. The van der Waals surface area contributed by atoms with Crippen LogP contribution in [0.5, 0.6) is 5.75 Å². The third-order valence-electron chi connectivity index (χ3n) is 4.78. The molecule has 0 amide bonds. The maximum Gasteiger partial charge on any atom is 0.346 e. The number of hydrogen-bond acceptors (Lipinski definition) is 4. The van der Waals surface area contributed by atoms with Crippen LogP contribution >= 0.6 is 7.60 Å². The van der Waals surface area contributed by atoms with Crippen LogP contribution in [0.15, 0.2) is 36.4 Å². The number of benzene rings is 2. The molecule has 7 nitrogen and oxygen atoms in total. The van der Waals surface area contributed by atoms with Crippen molar-refractivity contribution in [3.8, 4) is 5.75 Å². The number of ether oxygens (including phenoxy) is 1. The third kappa shape index (κ3) is 7.72. The molecule has 2 rings (SSSR count). The molecule has 0 aliphatic rings. The summed E-state index contributed by atoms with van der Waals surface area (Å²) in [5.74, 6) is 0.819. The van der Waals surface area contributed by atoms with Gasteiger partial charge in [-0.15, -0.1) is 0 Å². The van der Waals surface area contributed by atoms with E-state index in [0.717, 1.165) is 34.9 Å². The second kappa shape index (κ2) is 10.5. The molecule has 2 aromatic carbocycles. The first-order valence-corrected chi connectivity index (χ1v) is 13.0. The van der Waals surface area contributed by atoms with Crippen molar-refractivity contribution in [3.05, 3.63) is 42.0 Å². The number of hydrogen-bond donors (Lipinski definition) is 3. The minimum Gasteiger partial charge on any atom is -0.494 e. The SMILES string of the molecule is CCCCCCOc1ccc2cc(CCCC(P(=O)(O)O)S(=O)(=O)O)ccc2c1. The first-order valence-electron chi connectivity index (χ1n) is 9.78. The topological polar surface area (TPSA) is 121 Å². The lowest BCUT2D eigenvalue weighted by molar-refractivity contribution is 0.305. The highest BCUT2D eigenvalue weighted by molar-refractivity contribution is 7.93. The molecule has 9 heteroatoms. The summed E-state index contributed by atoms with van der Waals surface area (Å²) in [5, 5.41) is 2.02. The zero-order valence-corrected chi connectivity index (χ0v) is 18.2. The Morgan fingerprint density at radius 3 is 2.34 bits per heavy atom. The Balaban J connectivity index is 1.96. The van der Waals surface area contributed by atoms with E-state index in [1.807, 2.05) is 36.4 Å². The van der Waals surface area contributed by atoms with E-state index in [9.17, 15) is 13.0 Å². The van der Waals surface area contributed by atoms with Crippen molar-refractivity contribution in [2.24, 2.45) is 0 Å². The van der Waals surface area contributed by atoms with Crippen LogP contribution in [0.3, 0.4) is 0 Å². The van der Waals surface area contributed by atoms with Crippen LogP contribution in [0, 0.1) is 0 Å². The minimum atomic E-state index is -4.93. The van der Waals surface area contributed by atoms with Gasteiger partial charge < -0.3 is 14.5 Å². The van der Waals surface area contributed by atoms with Crippen molar-refractivity contribution < 1.29 is 32.1 Å². The van der Waals surface area contributed by atoms with Crippen LogP contribution in [0.2, 0.25) is 0 Å². The summed E-state index contributed by atoms with van der Waals surface area (Å²) in [6.07, 6.45) is 4.94. The number of aryl methyl sites for hydroxylation is 1. The van der Waals surface area contributed by atoms with E-state index in [-0.39, 0.29) is 12.8 Å². The van der Waals surface area contributed by atoms with E-state index < -0.39 is 22.7 Å². The minimum absolute atomic E-state index is 0.222. The van der Waals surface area contributed by atoms with E-state index in [0.29, 0.717) is 13.0 Å². The van der Waals surface area contributed by atoms with Gasteiger partial charge in [0.2, 0.25) is 0 Å². The molecule has 0 bridgehead atoms. The summed E-state index contributed by atoms with van der Waals surface area (Å²) >= 11 is 0. The van der Waals surface area contributed by atoms with Gasteiger partial charge in [0.15, 0.2) is 4.99 Å². The van der Waals surface area contributed by atoms with Gasteiger partial charge in [-0.3, -0.25) is 9.12 Å². The lowest BCUT2D eigenvalue weighted by Crippen LogP contribution is -2.20. The van der Waals surface area contributed by atoms with Crippen LogP contribution in [0.25, 0.3) is 10.8 Å². The van der Waals surface area contributed by atoms with Gasteiger partial charge in [0.25, 0.3) is 10.1 Å². The Morgan fingerprint density at radius 2 is 1.69 bits per heavy atom. The molecule has 0 radical (unpaired) electrons. The van der Waals surface area contributed by atoms with Gasteiger partial charge in [0, 0.05) is 0 Å². The van der Waals surface area contributed by atoms with Crippen molar-refractivity contribution in [2.75, 3.05) is 6.61 Å². The van der Waals surface area contributed by atoms with Gasteiger partial charge in [-0.2, -0.15) is 8.42 Å². The van der Waals surface area contributed by atoms with Crippen molar-refractivity contribution in [3.63, 3.8) is 0 Å². The highest BCUT2D eigenvalue weighted by Crippen LogP contribution is 2.46. The largest absolute Gasteiger partial charge is 0.494 e.